The smallest absolute Gasteiger partial charge is 0 e. The minimum atomic E-state index is 0. The third-order valence-electron chi connectivity index (χ3n) is 0. The summed E-state index contributed by atoms with van der Waals surface area (Å²) in [4.78, 5) is 0. The van der Waals surface area contributed by atoms with Crippen LogP contribution >= 0.6 is 37.2 Å². The van der Waals surface area contributed by atoms with Crippen LogP contribution in [-0.4, -0.2) is 0 Å². The Bertz CT molecular complexity index is 8.75. The zero-order chi connectivity index (χ0) is 2.00. The summed E-state index contributed by atoms with van der Waals surface area (Å²) in [5, 5.41) is 0. The van der Waals surface area contributed by atoms with Crippen LogP contribution in [0.4, 0.5) is 0 Å². The molecule has 0 radical (unpaired) electrons. The van der Waals surface area contributed by atoms with Crippen molar-refractivity contribution in [1.29, 1.82) is 0 Å². The summed E-state index contributed by atoms with van der Waals surface area (Å²) in [6, 6.07) is 0. The Morgan fingerprint density at radius 3 is 0.667 bits per heavy atom. The van der Waals surface area contributed by atoms with Crippen molar-refractivity contribution < 1.29 is 26.2 Å². The van der Waals surface area contributed by atoms with E-state index in [-0.39, 0.29) is 63.4 Å². The number of hydrogen-bond donors (Lipinski definition) is 0. The maximum atomic E-state index is 2.00. The molecule has 0 aromatic heterocycles. The second kappa shape index (κ2) is 72.7. The molecule has 0 saturated carbocycles. The monoisotopic (exact) mass is 228 g/mol. The molecule has 0 N–H and O–H groups in total. The molecule has 0 unspecified atom stereocenters. The van der Waals surface area contributed by atoms with Gasteiger partial charge in [0.15, 0.2) is 0 Å². The molecule has 6 heavy (non-hydrogen) atoms. The second-order valence-corrected chi connectivity index (χ2v) is 0. The summed E-state index contributed by atoms with van der Waals surface area (Å²) in [5.41, 5.74) is 0. The Kier molecular flexibility index (Phi) is 565. The van der Waals surface area contributed by atoms with E-state index in [1.165, 1.54) is 0 Å². The minimum absolute atomic E-state index is 0. The summed E-state index contributed by atoms with van der Waals surface area (Å²) in [5.74, 6) is 0. The molecular formula is C2H9Cl3Zr. The first-order valence-electron chi connectivity index (χ1n) is 1.00. The largest absolute Gasteiger partial charge is 0.147 e. The van der Waals surface area contributed by atoms with Crippen molar-refractivity contribution in [3.8, 4) is 0 Å². The Morgan fingerprint density at radius 1 is 0.667 bits per heavy atom. The first-order valence-corrected chi connectivity index (χ1v) is 1.00. The average Bonchev–Trinajstić information content (AvgIpc) is 1.00. The van der Waals surface area contributed by atoms with Gasteiger partial charge < -0.3 is 0 Å². The maximum absolute atomic E-state index is 2.00. The Hall–Kier alpha value is 1.75. The Morgan fingerprint density at radius 2 is 0.667 bits per heavy atom. The third kappa shape index (κ3) is 42.3. The second-order valence-electron chi connectivity index (χ2n) is 0. The van der Waals surface area contributed by atoms with Gasteiger partial charge in [0.1, 0.15) is 0 Å². The molecule has 0 spiro atoms. The van der Waals surface area contributed by atoms with Crippen LogP contribution in [-0.2, 0) is 26.2 Å². The molecule has 0 aliphatic rings. The third-order valence-corrected chi connectivity index (χ3v) is 0. The van der Waals surface area contributed by atoms with Gasteiger partial charge >= 0.3 is 0 Å². The molecule has 0 aliphatic carbocycles. The van der Waals surface area contributed by atoms with Crippen LogP contribution in [0.1, 0.15) is 13.8 Å². The fourth-order valence-corrected chi connectivity index (χ4v) is 0. The molecular weight excluding hydrogens is 222 g/mol. The predicted molar refractivity (Wildman–Crippen MR) is 33.1 cm³/mol. The van der Waals surface area contributed by atoms with E-state index in [1.807, 2.05) is 13.8 Å². The van der Waals surface area contributed by atoms with Crippen LogP contribution in [0.5, 0.6) is 0 Å². The molecule has 0 rings (SSSR count). The van der Waals surface area contributed by atoms with E-state index in [0.29, 0.717) is 0 Å². The molecule has 4 heteroatoms. The van der Waals surface area contributed by atoms with Crippen LogP contribution in [0.3, 0.4) is 0 Å². The average molecular weight is 231 g/mol. The molecule has 0 aliphatic heterocycles. The molecule has 0 fully saturated rings. The Balaban J connectivity index is -0.000000000833. The van der Waals surface area contributed by atoms with Crippen LogP contribution in [0.15, 0.2) is 0 Å². The van der Waals surface area contributed by atoms with Gasteiger partial charge in [-0.2, -0.15) is 0 Å². The van der Waals surface area contributed by atoms with Gasteiger partial charge in [-0.3, -0.25) is 0 Å². The first-order chi connectivity index (χ1) is 1.00. The van der Waals surface area contributed by atoms with Crippen molar-refractivity contribution in [3.63, 3.8) is 0 Å². The fourth-order valence-electron chi connectivity index (χ4n) is 0. The van der Waals surface area contributed by atoms with Crippen molar-refractivity contribution >= 4 is 37.2 Å². The van der Waals surface area contributed by atoms with Crippen LogP contribution in [0, 0.1) is 0 Å². The van der Waals surface area contributed by atoms with Crippen molar-refractivity contribution in [2.24, 2.45) is 0 Å². The summed E-state index contributed by atoms with van der Waals surface area (Å²) in [6.07, 6.45) is 0. The molecule has 0 atom stereocenters. The van der Waals surface area contributed by atoms with E-state index in [2.05, 4.69) is 0 Å². The summed E-state index contributed by atoms with van der Waals surface area (Å²) in [6.45, 7) is 4.00. The molecule has 0 heterocycles. The zero-order valence-electron chi connectivity index (χ0n) is 3.72. The summed E-state index contributed by atoms with van der Waals surface area (Å²) < 4.78 is 0. The Labute approximate surface area is 76.8 Å². The molecule has 0 bridgehead atoms. The van der Waals surface area contributed by atoms with Crippen molar-refractivity contribution in [1.82, 2.24) is 0 Å². The SMILES string of the molecule is CC.Cl.Cl.Cl.[Zr]. The van der Waals surface area contributed by atoms with E-state index in [1.54, 1.807) is 0 Å². The molecule has 42 valence electrons. The molecule has 0 aromatic carbocycles. The van der Waals surface area contributed by atoms with Gasteiger partial charge in [0.25, 0.3) is 0 Å². The zero-order valence-corrected chi connectivity index (χ0v) is 8.63. The normalized spacial score (nSPS) is 1.00. The van der Waals surface area contributed by atoms with Gasteiger partial charge in [-0.05, 0) is 0 Å². The molecule has 0 nitrogen and oxygen atoms in total. The quantitative estimate of drug-likeness (QED) is 0.599. The van der Waals surface area contributed by atoms with E-state index in [4.69, 9.17) is 0 Å². The van der Waals surface area contributed by atoms with E-state index in [9.17, 15) is 0 Å². The molecule has 0 aromatic rings. The van der Waals surface area contributed by atoms with Gasteiger partial charge in [0, 0.05) is 26.2 Å². The van der Waals surface area contributed by atoms with Gasteiger partial charge in [0.2, 0.25) is 0 Å². The first kappa shape index (κ1) is 46.6. The van der Waals surface area contributed by atoms with E-state index >= 15 is 0 Å². The molecule has 0 saturated heterocycles. The van der Waals surface area contributed by atoms with Crippen molar-refractivity contribution in [2.45, 2.75) is 13.8 Å². The standard InChI is InChI=1S/C2H6.3ClH.Zr/c1-2;;;;/h1-2H3;3*1H;. The van der Waals surface area contributed by atoms with Crippen LogP contribution in [0.2, 0.25) is 0 Å². The van der Waals surface area contributed by atoms with E-state index < -0.39 is 0 Å². The van der Waals surface area contributed by atoms with Gasteiger partial charge in [0.05, 0.1) is 0 Å². The van der Waals surface area contributed by atoms with E-state index in [0.717, 1.165) is 0 Å². The number of hydrogen-bond acceptors (Lipinski definition) is 0. The number of rotatable bonds is 0. The summed E-state index contributed by atoms with van der Waals surface area (Å²) >= 11 is 0. The minimum Gasteiger partial charge on any atom is -0.147 e. The maximum Gasteiger partial charge on any atom is 0 e. The predicted octanol–water partition coefficient (Wildman–Crippen LogP) is 2.29. The van der Waals surface area contributed by atoms with Gasteiger partial charge in [-0.25, -0.2) is 0 Å². The number of halogens is 3. The van der Waals surface area contributed by atoms with Crippen molar-refractivity contribution in [3.05, 3.63) is 0 Å². The fraction of sp³-hybridized carbons (Fsp3) is 1.00. The van der Waals surface area contributed by atoms with Gasteiger partial charge in [-0.1, -0.05) is 13.8 Å². The summed E-state index contributed by atoms with van der Waals surface area (Å²) in [7, 11) is 0. The van der Waals surface area contributed by atoms with Crippen molar-refractivity contribution in [2.75, 3.05) is 0 Å². The van der Waals surface area contributed by atoms with Crippen LogP contribution < -0.4 is 0 Å². The van der Waals surface area contributed by atoms with Gasteiger partial charge in [-0.15, -0.1) is 37.2 Å². The molecule has 0 amide bonds. The topological polar surface area (TPSA) is 0 Å². The van der Waals surface area contributed by atoms with Crippen LogP contribution in [0.25, 0.3) is 0 Å².